The van der Waals surface area contributed by atoms with Crippen molar-refractivity contribution in [3.8, 4) is 5.75 Å². The Kier molecular flexibility index (Phi) is 7.52. The molecule has 23 heavy (non-hydrogen) atoms. The summed E-state index contributed by atoms with van der Waals surface area (Å²) < 4.78 is 5.08. The Hall–Kier alpha value is -1.59. The van der Waals surface area contributed by atoms with Gasteiger partial charge in [0.15, 0.2) is 0 Å². The summed E-state index contributed by atoms with van der Waals surface area (Å²) in [4.78, 5) is 12.0. The standard InChI is InChI=1S/C18H30N2O3/c1-6-13(2)18(4,22)12-19-14(3)11-17(21)20-15-7-9-16(23-5)10-8-15/h7-10,13-14,19,22H,6,11-12H2,1-5H3,(H,20,21). The number of hydrogen-bond donors (Lipinski definition) is 3. The topological polar surface area (TPSA) is 70.6 Å². The number of benzene rings is 1. The van der Waals surface area contributed by atoms with E-state index < -0.39 is 5.60 Å². The van der Waals surface area contributed by atoms with Crippen molar-refractivity contribution < 1.29 is 14.6 Å². The molecule has 3 N–H and O–H groups in total. The number of carbonyl (C=O) groups is 1. The Balaban J connectivity index is 2.41. The van der Waals surface area contributed by atoms with E-state index >= 15 is 0 Å². The lowest BCUT2D eigenvalue weighted by Crippen LogP contribution is -2.46. The average Bonchev–Trinajstić information content (AvgIpc) is 2.52. The van der Waals surface area contributed by atoms with Crippen LogP contribution in [0.2, 0.25) is 0 Å². The maximum absolute atomic E-state index is 12.0. The van der Waals surface area contributed by atoms with E-state index in [1.165, 1.54) is 0 Å². The van der Waals surface area contributed by atoms with E-state index in [9.17, 15) is 9.90 Å². The molecule has 1 rings (SSSR count). The van der Waals surface area contributed by atoms with Gasteiger partial charge in [-0.2, -0.15) is 0 Å². The van der Waals surface area contributed by atoms with Gasteiger partial charge in [-0.05, 0) is 44.0 Å². The van der Waals surface area contributed by atoms with Crippen LogP contribution in [-0.2, 0) is 4.79 Å². The molecule has 0 aliphatic carbocycles. The summed E-state index contributed by atoms with van der Waals surface area (Å²) in [6.07, 6.45) is 1.27. The Morgan fingerprint density at radius 2 is 1.91 bits per heavy atom. The van der Waals surface area contributed by atoms with Crippen molar-refractivity contribution in [2.75, 3.05) is 19.0 Å². The van der Waals surface area contributed by atoms with E-state index in [1.54, 1.807) is 19.2 Å². The molecule has 130 valence electrons. The third kappa shape index (κ3) is 6.59. The lowest BCUT2D eigenvalue weighted by atomic mass is 9.88. The molecular weight excluding hydrogens is 292 g/mol. The minimum atomic E-state index is -0.768. The SMILES string of the molecule is CCC(C)C(C)(O)CNC(C)CC(=O)Nc1ccc(OC)cc1. The second-order valence-electron chi connectivity index (χ2n) is 6.43. The number of carbonyl (C=O) groups excluding carboxylic acids is 1. The molecule has 3 unspecified atom stereocenters. The van der Waals surface area contributed by atoms with Gasteiger partial charge >= 0.3 is 0 Å². The van der Waals surface area contributed by atoms with E-state index in [0.717, 1.165) is 17.9 Å². The molecule has 0 aliphatic rings. The number of hydrogen-bond acceptors (Lipinski definition) is 4. The number of rotatable bonds is 9. The first-order valence-electron chi connectivity index (χ1n) is 8.18. The van der Waals surface area contributed by atoms with Crippen molar-refractivity contribution in [2.45, 2.75) is 52.2 Å². The molecule has 0 aliphatic heterocycles. The first kappa shape index (κ1) is 19.5. The summed E-state index contributed by atoms with van der Waals surface area (Å²) in [6, 6.07) is 7.22. The highest BCUT2D eigenvalue weighted by Gasteiger charge is 2.27. The number of methoxy groups -OCH3 is 1. The molecular formula is C18H30N2O3. The quantitative estimate of drug-likeness (QED) is 0.654. The molecule has 0 radical (unpaired) electrons. The molecule has 5 nitrogen and oxygen atoms in total. The molecule has 0 saturated heterocycles. The zero-order chi connectivity index (χ0) is 17.5. The Labute approximate surface area is 139 Å². The zero-order valence-corrected chi connectivity index (χ0v) is 14.8. The second kappa shape index (κ2) is 8.89. The number of nitrogens with one attached hydrogen (secondary N) is 2. The summed E-state index contributed by atoms with van der Waals surface area (Å²) in [5.74, 6) is 0.902. The summed E-state index contributed by atoms with van der Waals surface area (Å²) >= 11 is 0. The molecule has 0 heterocycles. The monoisotopic (exact) mass is 322 g/mol. The minimum Gasteiger partial charge on any atom is -0.497 e. The highest BCUT2D eigenvalue weighted by molar-refractivity contribution is 5.91. The maximum atomic E-state index is 12.0. The third-order valence-corrected chi connectivity index (χ3v) is 4.35. The third-order valence-electron chi connectivity index (χ3n) is 4.35. The molecule has 3 atom stereocenters. The average molecular weight is 322 g/mol. The van der Waals surface area contributed by atoms with Gasteiger partial charge in [0.2, 0.25) is 5.91 Å². The van der Waals surface area contributed by atoms with Gasteiger partial charge in [-0.1, -0.05) is 20.3 Å². The van der Waals surface area contributed by atoms with Crippen LogP contribution in [0.1, 0.15) is 40.5 Å². The minimum absolute atomic E-state index is 0.0104. The zero-order valence-electron chi connectivity index (χ0n) is 14.8. The van der Waals surface area contributed by atoms with Gasteiger partial charge in [-0.25, -0.2) is 0 Å². The van der Waals surface area contributed by atoms with E-state index in [-0.39, 0.29) is 17.9 Å². The van der Waals surface area contributed by atoms with Crippen molar-refractivity contribution in [3.05, 3.63) is 24.3 Å². The van der Waals surface area contributed by atoms with Crippen LogP contribution in [0, 0.1) is 5.92 Å². The summed E-state index contributed by atoms with van der Waals surface area (Å²) in [5.41, 5.74) is -0.0234. The van der Waals surface area contributed by atoms with E-state index in [1.807, 2.05) is 32.9 Å². The van der Waals surface area contributed by atoms with Crippen molar-refractivity contribution >= 4 is 11.6 Å². The molecule has 1 aromatic carbocycles. The van der Waals surface area contributed by atoms with Crippen molar-refractivity contribution in [2.24, 2.45) is 5.92 Å². The normalized spacial score (nSPS) is 16.3. The van der Waals surface area contributed by atoms with Gasteiger partial charge in [-0.3, -0.25) is 4.79 Å². The molecule has 0 spiro atoms. The Morgan fingerprint density at radius 3 is 2.43 bits per heavy atom. The van der Waals surface area contributed by atoms with Gasteiger partial charge < -0.3 is 20.5 Å². The molecule has 0 aromatic heterocycles. The lowest BCUT2D eigenvalue weighted by Gasteiger charge is -2.31. The smallest absolute Gasteiger partial charge is 0.225 e. The largest absolute Gasteiger partial charge is 0.497 e. The molecule has 1 amide bonds. The van der Waals surface area contributed by atoms with Crippen LogP contribution in [0.3, 0.4) is 0 Å². The van der Waals surface area contributed by atoms with Gasteiger partial charge in [0.25, 0.3) is 0 Å². The Morgan fingerprint density at radius 1 is 1.30 bits per heavy atom. The van der Waals surface area contributed by atoms with Gasteiger partial charge in [0.05, 0.1) is 12.7 Å². The van der Waals surface area contributed by atoms with Gasteiger partial charge in [0.1, 0.15) is 5.75 Å². The number of ether oxygens (including phenoxy) is 1. The van der Waals surface area contributed by atoms with E-state index in [0.29, 0.717) is 13.0 Å². The van der Waals surface area contributed by atoms with Gasteiger partial charge in [-0.15, -0.1) is 0 Å². The van der Waals surface area contributed by atoms with Crippen LogP contribution < -0.4 is 15.4 Å². The molecule has 5 heteroatoms. The van der Waals surface area contributed by atoms with Crippen molar-refractivity contribution in [3.63, 3.8) is 0 Å². The molecule has 0 saturated carbocycles. The first-order chi connectivity index (χ1) is 10.8. The van der Waals surface area contributed by atoms with Crippen LogP contribution >= 0.6 is 0 Å². The summed E-state index contributed by atoms with van der Waals surface area (Å²) in [7, 11) is 1.61. The Bertz CT molecular complexity index is 486. The van der Waals surface area contributed by atoms with Gasteiger partial charge in [0, 0.05) is 24.7 Å². The predicted octanol–water partition coefficient (Wildman–Crippen LogP) is 2.80. The fourth-order valence-corrected chi connectivity index (χ4v) is 2.23. The first-order valence-corrected chi connectivity index (χ1v) is 8.18. The van der Waals surface area contributed by atoms with Crippen molar-refractivity contribution in [1.82, 2.24) is 5.32 Å². The molecule has 0 bridgehead atoms. The number of amides is 1. The van der Waals surface area contributed by atoms with E-state index in [4.69, 9.17) is 4.74 Å². The highest BCUT2D eigenvalue weighted by Crippen LogP contribution is 2.19. The summed E-state index contributed by atoms with van der Waals surface area (Å²) in [5, 5.41) is 16.5. The highest BCUT2D eigenvalue weighted by atomic mass is 16.5. The summed E-state index contributed by atoms with van der Waals surface area (Å²) in [6.45, 7) is 8.34. The second-order valence-corrected chi connectivity index (χ2v) is 6.43. The number of aliphatic hydroxyl groups is 1. The predicted molar refractivity (Wildman–Crippen MR) is 93.8 cm³/mol. The van der Waals surface area contributed by atoms with Crippen molar-refractivity contribution in [1.29, 1.82) is 0 Å². The van der Waals surface area contributed by atoms with Crippen LogP contribution in [0.15, 0.2) is 24.3 Å². The van der Waals surface area contributed by atoms with Crippen LogP contribution in [0.25, 0.3) is 0 Å². The molecule has 1 aromatic rings. The fraction of sp³-hybridized carbons (Fsp3) is 0.611. The van der Waals surface area contributed by atoms with E-state index in [2.05, 4.69) is 17.6 Å². The molecule has 0 fully saturated rings. The van der Waals surface area contributed by atoms with Crippen LogP contribution in [0.4, 0.5) is 5.69 Å². The fourth-order valence-electron chi connectivity index (χ4n) is 2.23. The van der Waals surface area contributed by atoms with Crippen LogP contribution in [0.5, 0.6) is 5.75 Å². The lowest BCUT2D eigenvalue weighted by molar-refractivity contribution is -0.116. The maximum Gasteiger partial charge on any atom is 0.225 e. The number of anilines is 1. The van der Waals surface area contributed by atoms with Crippen LogP contribution in [-0.4, -0.2) is 36.3 Å².